The first kappa shape index (κ1) is 27.7. The van der Waals surface area contributed by atoms with Crippen molar-refractivity contribution in [1.82, 2.24) is 0 Å². The molecule has 0 heterocycles. The van der Waals surface area contributed by atoms with Crippen LogP contribution in [0.15, 0.2) is 121 Å². The second-order valence-corrected chi connectivity index (χ2v) is 10.8. The third-order valence-electron chi connectivity index (χ3n) is 6.48. The largest absolute Gasteiger partial charge is 0.230 e. The Hall–Kier alpha value is -3.28. The lowest BCUT2D eigenvalue weighted by Crippen LogP contribution is -2.32. The summed E-state index contributed by atoms with van der Waals surface area (Å²) >= 11 is 0. The van der Waals surface area contributed by atoms with Gasteiger partial charge in [-0.15, -0.1) is 0 Å². The summed E-state index contributed by atoms with van der Waals surface area (Å²) in [5.74, 6) is 0. The van der Waals surface area contributed by atoms with Crippen LogP contribution in [0.25, 0.3) is 0 Å². The number of hydrogen-bond donors (Lipinski definition) is 0. The van der Waals surface area contributed by atoms with Gasteiger partial charge in [-0.2, -0.15) is 0 Å². The molecule has 198 valence electrons. The van der Waals surface area contributed by atoms with Gasteiger partial charge in [-0.25, -0.2) is 19.6 Å². The molecule has 4 aromatic carbocycles. The molecule has 0 aromatic heterocycles. The maximum atomic E-state index is 6.09. The molecule has 0 N–H and O–H groups in total. The quantitative estimate of drug-likeness (QED) is 0.133. The van der Waals surface area contributed by atoms with E-state index in [1.807, 2.05) is 100 Å². The van der Waals surface area contributed by atoms with Crippen molar-refractivity contribution in [1.29, 1.82) is 0 Å². The lowest BCUT2D eigenvalue weighted by molar-refractivity contribution is -0.387. The zero-order chi connectivity index (χ0) is 26.8. The van der Waals surface area contributed by atoms with Crippen LogP contribution in [0, 0.1) is 0 Å². The van der Waals surface area contributed by atoms with Crippen molar-refractivity contribution in [2.45, 2.75) is 63.9 Å². The minimum absolute atomic E-state index is 0.318. The minimum atomic E-state index is -0.541. The molecular weight excluding hydrogens is 472 g/mol. The Labute approximate surface area is 227 Å². The first-order chi connectivity index (χ1) is 18.3. The van der Waals surface area contributed by atoms with Crippen molar-refractivity contribution in [3.05, 3.63) is 144 Å². The summed E-state index contributed by atoms with van der Waals surface area (Å²) in [6, 6.07) is 40.5. The molecule has 0 saturated heterocycles. The van der Waals surface area contributed by atoms with Gasteiger partial charge in [-0.1, -0.05) is 121 Å². The van der Waals surface area contributed by atoms with Gasteiger partial charge in [-0.05, 0) is 62.8 Å². The monoisotopic (exact) mass is 510 g/mol. The summed E-state index contributed by atoms with van der Waals surface area (Å²) < 4.78 is 0. The van der Waals surface area contributed by atoms with E-state index in [2.05, 4.69) is 48.5 Å². The van der Waals surface area contributed by atoms with E-state index in [9.17, 15) is 0 Å². The third-order valence-corrected chi connectivity index (χ3v) is 6.48. The predicted molar refractivity (Wildman–Crippen MR) is 151 cm³/mol. The van der Waals surface area contributed by atoms with Gasteiger partial charge in [0.25, 0.3) is 0 Å². The molecule has 0 aliphatic carbocycles. The maximum absolute atomic E-state index is 6.09. The molecule has 0 aliphatic heterocycles. The summed E-state index contributed by atoms with van der Waals surface area (Å²) in [5, 5.41) is 0. The fourth-order valence-corrected chi connectivity index (χ4v) is 4.16. The standard InChI is InChI=1S/C34H38O4/c1-33(2,37-35-31(27-17-9-5-10-18-27)28-19-11-6-12-20-28)25-26-34(3,4)38-36-32(29-21-13-7-14-22-29)30-23-15-8-16-24-30/h5-24,31-32H,25-26H2,1-4H3. The highest BCUT2D eigenvalue weighted by Gasteiger charge is 2.30. The summed E-state index contributed by atoms with van der Waals surface area (Å²) in [6.07, 6.45) is 0.783. The zero-order valence-corrected chi connectivity index (χ0v) is 22.7. The SMILES string of the molecule is CC(C)(CCC(C)(C)OOC(c1ccccc1)c1ccccc1)OOC(c1ccccc1)c1ccccc1. The Morgan fingerprint density at radius 2 is 0.658 bits per heavy atom. The highest BCUT2D eigenvalue weighted by molar-refractivity contribution is 5.30. The lowest BCUT2D eigenvalue weighted by Gasteiger charge is -2.32. The van der Waals surface area contributed by atoms with Gasteiger partial charge < -0.3 is 0 Å². The molecule has 0 aliphatic rings. The number of hydrogen-bond acceptors (Lipinski definition) is 4. The van der Waals surface area contributed by atoms with Crippen LogP contribution in [-0.4, -0.2) is 11.2 Å². The Morgan fingerprint density at radius 1 is 0.421 bits per heavy atom. The summed E-state index contributed by atoms with van der Waals surface area (Å²) in [6.45, 7) is 8.14. The maximum Gasteiger partial charge on any atom is 0.143 e. The van der Waals surface area contributed by atoms with E-state index in [1.165, 1.54) is 0 Å². The van der Waals surface area contributed by atoms with Gasteiger partial charge in [0.1, 0.15) is 12.2 Å². The van der Waals surface area contributed by atoms with Gasteiger partial charge in [0.2, 0.25) is 0 Å². The second-order valence-electron chi connectivity index (χ2n) is 10.8. The van der Waals surface area contributed by atoms with Gasteiger partial charge in [0.15, 0.2) is 0 Å². The van der Waals surface area contributed by atoms with Crippen LogP contribution in [0.1, 0.15) is 75.0 Å². The normalized spacial score (nSPS) is 12.3. The van der Waals surface area contributed by atoms with Crippen molar-refractivity contribution in [2.24, 2.45) is 0 Å². The van der Waals surface area contributed by atoms with Gasteiger partial charge in [0, 0.05) is 0 Å². The molecule has 4 nitrogen and oxygen atoms in total. The van der Waals surface area contributed by atoms with E-state index in [-0.39, 0.29) is 12.2 Å². The summed E-state index contributed by atoms with van der Waals surface area (Å²) in [5.41, 5.74) is 3.08. The predicted octanol–water partition coefficient (Wildman–Crippen LogP) is 8.80. The number of benzene rings is 4. The van der Waals surface area contributed by atoms with Crippen molar-refractivity contribution in [3.8, 4) is 0 Å². The average molecular weight is 511 g/mol. The molecule has 0 fully saturated rings. The van der Waals surface area contributed by atoms with Crippen LogP contribution in [0.3, 0.4) is 0 Å². The first-order valence-electron chi connectivity index (χ1n) is 13.2. The molecule has 0 radical (unpaired) electrons. The van der Waals surface area contributed by atoms with Crippen LogP contribution in [-0.2, 0) is 19.6 Å². The minimum Gasteiger partial charge on any atom is -0.230 e. The molecular formula is C34H38O4. The van der Waals surface area contributed by atoms with Crippen molar-refractivity contribution in [3.63, 3.8) is 0 Å². The molecule has 0 saturated carbocycles. The van der Waals surface area contributed by atoms with E-state index in [1.54, 1.807) is 0 Å². The van der Waals surface area contributed by atoms with Crippen LogP contribution in [0.4, 0.5) is 0 Å². The molecule has 0 spiro atoms. The van der Waals surface area contributed by atoms with E-state index < -0.39 is 11.2 Å². The van der Waals surface area contributed by atoms with Crippen molar-refractivity contribution in [2.75, 3.05) is 0 Å². The summed E-state index contributed by atoms with van der Waals surface area (Å²) in [4.78, 5) is 24.3. The smallest absolute Gasteiger partial charge is 0.143 e. The van der Waals surface area contributed by atoms with E-state index in [0.717, 1.165) is 22.3 Å². The van der Waals surface area contributed by atoms with E-state index in [4.69, 9.17) is 19.6 Å². The number of rotatable bonds is 13. The summed E-state index contributed by atoms with van der Waals surface area (Å²) in [7, 11) is 0. The Morgan fingerprint density at radius 3 is 0.895 bits per heavy atom. The Kier molecular flexibility index (Phi) is 9.48. The van der Waals surface area contributed by atoms with Gasteiger partial charge in [-0.3, -0.25) is 0 Å². The molecule has 4 aromatic rings. The molecule has 0 atom stereocenters. The fourth-order valence-electron chi connectivity index (χ4n) is 4.16. The zero-order valence-electron chi connectivity index (χ0n) is 22.7. The van der Waals surface area contributed by atoms with Crippen LogP contribution in [0.2, 0.25) is 0 Å². The lowest BCUT2D eigenvalue weighted by atomic mass is 9.94. The van der Waals surface area contributed by atoms with Crippen LogP contribution < -0.4 is 0 Å². The highest BCUT2D eigenvalue weighted by Crippen LogP contribution is 2.33. The molecule has 4 heteroatoms. The Bertz CT molecular complexity index is 1030. The second kappa shape index (κ2) is 13.0. The van der Waals surface area contributed by atoms with Crippen LogP contribution >= 0.6 is 0 Å². The third kappa shape index (κ3) is 8.11. The molecule has 0 amide bonds. The van der Waals surface area contributed by atoms with Crippen molar-refractivity contribution < 1.29 is 19.6 Å². The average Bonchev–Trinajstić information content (AvgIpc) is 2.95. The topological polar surface area (TPSA) is 36.9 Å². The highest BCUT2D eigenvalue weighted by atomic mass is 17.2. The van der Waals surface area contributed by atoms with E-state index >= 15 is 0 Å². The van der Waals surface area contributed by atoms with Crippen molar-refractivity contribution >= 4 is 0 Å². The first-order valence-corrected chi connectivity index (χ1v) is 13.2. The molecule has 0 unspecified atom stereocenters. The molecule has 38 heavy (non-hydrogen) atoms. The molecule has 4 rings (SSSR count). The molecule has 0 bridgehead atoms. The van der Waals surface area contributed by atoms with Crippen LogP contribution in [0.5, 0.6) is 0 Å². The van der Waals surface area contributed by atoms with Gasteiger partial charge in [0.05, 0.1) is 11.2 Å². The van der Waals surface area contributed by atoms with E-state index in [0.29, 0.717) is 12.8 Å². The Balaban J connectivity index is 1.37. The van der Waals surface area contributed by atoms with Gasteiger partial charge >= 0.3 is 0 Å². The fraction of sp³-hybridized carbons (Fsp3) is 0.294.